The van der Waals surface area contributed by atoms with Crippen molar-refractivity contribution >= 4 is 11.0 Å². The van der Waals surface area contributed by atoms with Gasteiger partial charge in [-0.3, -0.25) is 9.13 Å². The minimum atomic E-state index is 0.00511. The third-order valence-electron chi connectivity index (χ3n) is 2.90. The second-order valence-corrected chi connectivity index (χ2v) is 3.75. The van der Waals surface area contributed by atoms with Crippen LogP contribution in [0, 0.1) is 0 Å². The Labute approximate surface area is 93.7 Å². The molecule has 2 rings (SSSR count). The number of benzene rings is 1. The zero-order valence-electron chi connectivity index (χ0n) is 9.60. The van der Waals surface area contributed by atoms with E-state index in [2.05, 4.69) is 0 Å². The molecule has 0 saturated carbocycles. The summed E-state index contributed by atoms with van der Waals surface area (Å²) in [5, 5.41) is 9.10. The largest absolute Gasteiger partial charge is 0.392 e. The maximum Gasteiger partial charge on any atom is 0.329 e. The Balaban J connectivity index is 2.84. The van der Waals surface area contributed by atoms with E-state index in [0.717, 1.165) is 16.6 Å². The van der Waals surface area contributed by atoms with Crippen molar-refractivity contribution in [1.29, 1.82) is 0 Å². The van der Waals surface area contributed by atoms with Gasteiger partial charge in [-0.25, -0.2) is 4.79 Å². The van der Waals surface area contributed by atoms with Gasteiger partial charge in [-0.05, 0) is 31.5 Å². The van der Waals surface area contributed by atoms with Crippen molar-refractivity contribution in [3.8, 4) is 0 Å². The summed E-state index contributed by atoms with van der Waals surface area (Å²) >= 11 is 0. The van der Waals surface area contributed by atoms with Gasteiger partial charge < -0.3 is 5.11 Å². The molecular weight excluding hydrogens is 204 g/mol. The molecule has 0 amide bonds. The molecule has 1 aromatic heterocycles. The van der Waals surface area contributed by atoms with Gasteiger partial charge in [-0.15, -0.1) is 0 Å². The molecule has 0 bridgehead atoms. The van der Waals surface area contributed by atoms with Gasteiger partial charge in [-0.1, -0.05) is 6.07 Å². The lowest BCUT2D eigenvalue weighted by Gasteiger charge is -2.00. The number of aliphatic hydroxyl groups excluding tert-OH is 1. The monoisotopic (exact) mass is 220 g/mol. The fourth-order valence-electron chi connectivity index (χ4n) is 2.07. The summed E-state index contributed by atoms with van der Waals surface area (Å²) in [5.41, 5.74) is 2.70. The number of imidazole rings is 1. The van der Waals surface area contributed by atoms with Gasteiger partial charge in [0.1, 0.15) is 0 Å². The molecule has 16 heavy (non-hydrogen) atoms. The Morgan fingerprint density at radius 1 is 1.12 bits per heavy atom. The average Bonchev–Trinajstić information content (AvgIpc) is 2.59. The van der Waals surface area contributed by atoms with E-state index in [9.17, 15) is 4.79 Å². The van der Waals surface area contributed by atoms with E-state index >= 15 is 0 Å². The summed E-state index contributed by atoms with van der Waals surface area (Å²) in [5.74, 6) is 0. The normalized spacial score (nSPS) is 11.2. The van der Waals surface area contributed by atoms with Gasteiger partial charge in [-0.2, -0.15) is 0 Å². The van der Waals surface area contributed by atoms with Gasteiger partial charge >= 0.3 is 5.69 Å². The lowest BCUT2D eigenvalue weighted by Crippen LogP contribution is -2.23. The summed E-state index contributed by atoms with van der Waals surface area (Å²) in [6.07, 6.45) is 0. The summed E-state index contributed by atoms with van der Waals surface area (Å²) in [6, 6.07) is 5.64. The maximum absolute atomic E-state index is 12.0. The molecule has 0 aliphatic carbocycles. The predicted octanol–water partition coefficient (Wildman–Crippen LogP) is 1.34. The number of fused-ring (bicyclic) bond motifs is 1. The molecule has 2 aromatic rings. The highest BCUT2D eigenvalue weighted by Gasteiger charge is 2.10. The van der Waals surface area contributed by atoms with E-state index in [-0.39, 0.29) is 12.3 Å². The standard InChI is InChI=1S/C12H16N2O2/c1-3-13-10-6-5-9(8-15)7-11(10)14(4-2)12(13)16/h5-7,15H,3-4,8H2,1-2H3. The Hall–Kier alpha value is -1.55. The van der Waals surface area contributed by atoms with E-state index in [1.165, 1.54) is 0 Å². The zero-order valence-corrected chi connectivity index (χ0v) is 9.60. The second-order valence-electron chi connectivity index (χ2n) is 3.75. The van der Waals surface area contributed by atoms with Crippen molar-refractivity contribution in [3.05, 3.63) is 34.2 Å². The topological polar surface area (TPSA) is 47.2 Å². The first-order chi connectivity index (χ1) is 7.72. The molecule has 1 aromatic carbocycles. The molecule has 0 aliphatic rings. The van der Waals surface area contributed by atoms with Crippen LogP contribution in [0.1, 0.15) is 19.4 Å². The maximum atomic E-state index is 12.0. The van der Waals surface area contributed by atoms with E-state index in [1.807, 2.05) is 32.0 Å². The molecule has 0 radical (unpaired) electrons. The molecule has 4 heteroatoms. The van der Waals surface area contributed by atoms with Gasteiger partial charge in [0.25, 0.3) is 0 Å². The Bertz CT molecular complexity index is 566. The van der Waals surface area contributed by atoms with Gasteiger partial charge in [0.15, 0.2) is 0 Å². The number of aryl methyl sites for hydroxylation is 2. The summed E-state index contributed by atoms with van der Waals surface area (Å²) < 4.78 is 3.48. The molecule has 0 fully saturated rings. The molecule has 86 valence electrons. The molecule has 0 saturated heterocycles. The minimum absolute atomic E-state index is 0.00511. The highest BCUT2D eigenvalue weighted by atomic mass is 16.3. The van der Waals surface area contributed by atoms with Crippen molar-refractivity contribution < 1.29 is 5.11 Å². The Morgan fingerprint density at radius 3 is 2.31 bits per heavy atom. The van der Waals surface area contributed by atoms with Crippen LogP contribution in [0.5, 0.6) is 0 Å². The van der Waals surface area contributed by atoms with Crippen LogP contribution in [0.25, 0.3) is 11.0 Å². The average molecular weight is 220 g/mol. The van der Waals surface area contributed by atoms with Gasteiger partial charge in [0.05, 0.1) is 17.6 Å². The minimum Gasteiger partial charge on any atom is -0.392 e. The highest BCUT2D eigenvalue weighted by molar-refractivity contribution is 5.77. The van der Waals surface area contributed by atoms with E-state index in [4.69, 9.17) is 5.11 Å². The van der Waals surface area contributed by atoms with Crippen LogP contribution in [-0.2, 0) is 19.7 Å². The lowest BCUT2D eigenvalue weighted by atomic mass is 10.2. The van der Waals surface area contributed by atoms with Crippen molar-refractivity contribution in [2.45, 2.75) is 33.5 Å². The summed E-state index contributed by atoms with van der Waals surface area (Å²) in [6.45, 7) is 5.23. The van der Waals surface area contributed by atoms with E-state index < -0.39 is 0 Å². The van der Waals surface area contributed by atoms with Crippen LogP contribution in [-0.4, -0.2) is 14.2 Å². The van der Waals surface area contributed by atoms with Crippen LogP contribution in [0.3, 0.4) is 0 Å². The molecule has 0 atom stereocenters. The first-order valence-electron chi connectivity index (χ1n) is 5.55. The lowest BCUT2D eigenvalue weighted by molar-refractivity contribution is 0.282. The van der Waals surface area contributed by atoms with Crippen molar-refractivity contribution in [3.63, 3.8) is 0 Å². The quantitative estimate of drug-likeness (QED) is 0.848. The molecular formula is C12H16N2O2. The highest BCUT2D eigenvalue weighted by Crippen LogP contribution is 2.15. The van der Waals surface area contributed by atoms with Crippen molar-refractivity contribution in [1.82, 2.24) is 9.13 Å². The van der Waals surface area contributed by atoms with Crippen LogP contribution in [0.4, 0.5) is 0 Å². The van der Waals surface area contributed by atoms with E-state index in [1.54, 1.807) is 9.13 Å². The molecule has 0 unspecified atom stereocenters. The van der Waals surface area contributed by atoms with Crippen LogP contribution >= 0.6 is 0 Å². The third-order valence-corrected chi connectivity index (χ3v) is 2.90. The fourth-order valence-corrected chi connectivity index (χ4v) is 2.07. The molecule has 1 N–H and O–H groups in total. The van der Waals surface area contributed by atoms with Crippen LogP contribution in [0.2, 0.25) is 0 Å². The Morgan fingerprint density at radius 2 is 1.75 bits per heavy atom. The van der Waals surface area contributed by atoms with Gasteiger partial charge in [0, 0.05) is 13.1 Å². The van der Waals surface area contributed by atoms with Crippen LogP contribution < -0.4 is 5.69 Å². The summed E-state index contributed by atoms with van der Waals surface area (Å²) in [4.78, 5) is 12.0. The van der Waals surface area contributed by atoms with E-state index in [0.29, 0.717) is 13.1 Å². The SMILES string of the molecule is CCn1c(=O)n(CC)c2cc(CO)ccc21. The third kappa shape index (κ3) is 1.46. The number of nitrogens with zero attached hydrogens (tertiary/aromatic N) is 2. The molecule has 0 aliphatic heterocycles. The predicted molar refractivity (Wildman–Crippen MR) is 63.5 cm³/mol. The number of rotatable bonds is 3. The first kappa shape index (κ1) is 11.0. The molecule has 1 heterocycles. The number of aliphatic hydroxyl groups is 1. The fraction of sp³-hybridized carbons (Fsp3) is 0.417. The number of hydrogen-bond acceptors (Lipinski definition) is 2. The number of hydrogen-bond donors (Lipinski definition) is 1. The van der Waals surface area contributed by atoms with Crippen molar-refractivity contribution in [2.75, 3.05) is 0 Å². The first-order valence-corrected chi connectivity index (χ1v) is 5.55. The second kappa shape index (κ2) is 4.14. The number of aromatic nitrogens is 2. The van der Waals surface area contributed by atoms with Gasteiger partial charge in [0.2, 0.25) is 0 Å². The summed E-state index contributed by atoms with van der Waals surface area (Å²) in [7, 11) is 0. The Kier molecular flexibility index (Phi) is 2.83. The smallest absolute Gasteiger partial charge is 0.329 e. The van der Waals surface area contributed by atoms with Crippen molar-refractivity contribution in [2.24, 2.45) is 0 Å². The zero-order chi connectivity index (χ0) is 11.7. The molecule has 0 spiro atoms. The van der Waals surface area contributed by atoms with Crippen LogP contribution in [0.15, 0.2) is 23.0 Å². The molecule has 4 nitrogen and oxygen atoms in total.